The maximum absolute atomic E-state index is 11.3. The Morgan fingerprint density at radius 1 is 1.31 bits per heavy atom. The van der Waals surface area contributed by atoms with Crippen molar-refractivity contribution in [2.24, 2.45) is 0 Å². The number of aromatic amines is 1. The summed E-state index contributed by atoms with van der Waals surface area (Å²) in [6.07, 6.45) is 5.77. The first kappa shape index (κ1) is 21.1. The molecule has 0 spiro atoms. The SMILES string of the molecule is COc1nc2ccccc2cc1-c1cnc([C@@H]2C[C@@H](NC3CCOC3)CCN2CC=O)[nH]1. The predicted molar refractivity (Wildman–Crippen MR) is 122 cm³/mol. The molecule has 2 aliphatic rings. The number of nitrogens with zero attached hydrogens (tertiary/aromatic N) is 3. The molecule has 5 rings (SSSR count). The lowest BCUT2D eigenvalue weighted by Crippen LogP contribution is -2.48. The van der Waals surface area contributed by atoms with E-state index in [4.69, 9.17) is 14.5 Å². The normalized spacial score (nSPS) is 24.1. The fourth-order valence-corrected chi connectivity index (χ4v) is 4.85. The van der Waals surface area contributed by atoms with Gasteiger partial charge in [-0.25, -0.2) is 9.97 Å². The number of likely N-dealkylation sites (tertiary alicyclic amines) is 1. The smallest absolute Gasteiger partial charge is 0.223 e. The van der Waals surface area contributed by atoms with Gasteiger partial charge in [0.1, 0.15) is 12.1 Å². The lowest BCUT2D eigenvalue weighted by molar-refractivity contribution is -0.109. The van der Waals surface area contributed by atoms with Crippen LogP contribution in [0.2, 0.25) is 0 Å². The average Bonchev–Trinajstić information content (AvgIpc) is 3.52. The van der Waals surface area contributed by atoms with Crippen LogP contribution < -0.4 is 10.1 Å². The van der Waals surface area contributed by atoms with Gasteiger partial charge in [0.2, 0.25) is 5.88 Å². The Labute approximate surface area is 187 Å². The molecule has 1 aromatic carbocycles. The second-order valence-corrected chi connectivity index (χ2v) is 8.55. The van der Waals surface area contributed by atoms with Crippen LogP contribution in [0.3, 0.4) is 0 Å². The molecule has 3 aromatic rings. The number of piperidine rings is 1. The van der Waals surface area contributed by atoms with Gasteiger partial charge in [-0.2, -0.15) is 0 Å². The average molecular weight is 436 g/mol. The monoisotopic (exact) mass is 435 g/mol. The summed E-state index contributed by atoms with van der Waals surface area (Å²) in [7, 11) is 1.63. The van der Waals surface area contributed by atoms with E-state index in [2.05, 4.69) is 26.3 Å². The number of H-pyrrole nitrogens is 1. The van der Waals surface area contributed by atoms with Crippen LogP contribution in [0.1, 0.15) is 31.1 Å². The molecule has 0 bridgehead atoms. The van der Waals surface area contributed by atoms with Crippen LogP contribution in [0.4, 0.5) is 0 Å². The summed E-state index contributed by atoms with van der Waals surface area (Å²) in [5.41, 5.74) is 2.63. The van der Waals surface area contributed by atoms with Gasteiger partial charge in [-0.1, -0.05) is 18.2 Å². The molecule has 168 valence electrons. The Bertz CT molecular complexity index is 1080. The lowest BCUT2D eigenvalue weighted by Gasteiger charge is -2.38. The van der Waals surface area contributed by atoms with Crippen LogP contribution in [-0.4, -0.2) is 71.6 Å². The molecule has 0 radical (unpaired) electrons. The number of para-hydroxylation sites is 1. The van der Waals surface area contributed by atoms with Crippen LogP contribution >= 0.6 is 0 Å². The van der Waals surface area contributed by atoms with Gasteiger partial charge in [0, 0.05) is 30.6 Å². The van der Waals surface area contributed by atoms with Crippen molar-refractivity contribution in [2.75, 3.05) is 33.4 Å². The van der Waals surface area contributed by atoms with Gasteiger partial charge in [0.05, 0.1) is 49.3 Å². The summed E-state index contributed by atoms with van der Waals surface area (Å²) in [6.45, 7) is 2.86. The number of rotatable bonds is 7. The number of carbonyl (C=O) groups is 1. The third-order valence-corrected chi connectivity index (χ3v) is 6.51. The van der Waals surface area contributed by atoms with Crippen molar-refractivity contribution in [3.63, 3.8) is 0 Å². The molecule has 2 saturated heterocycles. The molecule has 1 unspecified atom stereocenters. The first-order valence-corrected chi connectivity index (χ1v) is 11.3. The maximum atomic E-state index is 11.3. The Balaban J connectivity index is 1.42. The molecule has 0 amide bonds. The van der Waals surface area contributed by atoms with Crippen LogP contribution in [-0.2, 0) is 9.53 Å². The van der Waals surface area contributed by atoms with Crippen LogP contribution in [0.15, 0.2) is 36.5 Å². The second-order valence-electron chi connectivity index (χ2n) is 8.55. The predicted octanol–water partition coefficient (Wildman–Crippen LogP) is 2.72. The van der Waals surface area contributed by atoms with Crippen LogP contribution in [0, 0.1) is 0 Å². The van der Waals surface area contributed by atoms with Gasteiger partial charge >= 0.3 is 0 Å². The number of fused-ring (bicyclic) bond motifs is 1. The molecular formula is C24H29N5O3. The number of hydrogen-bond donors (Lipinski definition) is 2. The molecule has 2 aromatic heterocycles. The lowest BCUT2D eigenvalue weighted by atomic mass is 9.95. The second kappa shape index (κ2) is 9.36. The van der Waals surface area contributed by atoms with Gasteiger partial charge in [-0.3, -0.25) is 4.90 Å². The van der Waals surface area contributed by atoms with E-state index in [1.807, 2.05) is 30.5 Å². The quantitative estimate of drug-likeness (QED) is 0.551. The van der Waals surface area contributed by atoms with Crippen molar-refractivity contribution < 1.29 is 14.3 Å². The first-order valence-electron chi connectivity index (χ1n) is 11.3. The summed E-state index contributed by atoms with van der Waals surface area (Å²) in [5, 5.41) is 4.79. The minimum absolute atomic E-state index is 0.0435. The molecule has 8 heteroatoms. The van der Waals surface area contributed by atoms with E-state index >= 15 is 0 Å². The summed E-state index contributed by atoms with van der Waals surface area (Å²) >= 11 is 0. The number of ether oxygens (including phenoxy) is 2. The number of aldehydes is 1. The third kappa shape index (κ3) is 4.26. The molecule has 8 nitrogen and oxygen atoms in total. The molecule has 2 N–H and O–H groups in total. The zero-order chi connectivity index (χ0) is 21.9. The van der Waals surface area contributed by atoms with Crippen molar-refractivity contribution in [3.8, 4) is 17.1 Å². The van der Waals surface area contributed by atoms with E-state index in [9.17, 15) is 4.79 Å². The van der Waals surface area contributed by atoms with E-state index in [0.29, 0.717) is 24.5 Å². The number of imidazole rings is 1. The third-order valence-electron chi connectivity index (χ3n) is 6.51. The number of aromatic nitrogens is 3. The number of pyridine rings is 1. The van der Waals surface area contributed by atoms with E-state index in [1.54, 1.807) is 7.11 Å². The van der Waals surface area contributed by atoms with Crippen molar-refractivity contribution in [1.82, 2.24) is 25.2 Å². The highest BCUT2D eigenvalue weighted by Gasteiger charge is 2.33. The number of nitrogens with one attached hydrogen (secondary N) is 2. The fourth-order valence-electron chi connectivity index (χ4n) is 4.85. The standard InChI is InChI=1S/C24H29N5O3/c1-31-24-19(12-16-4-2-3-5-20(16)28-24)21-14-25-23(27-21)22-13-17(6-8-29(22)9-10-30)26-18-7-11-32-15-18/h2-5,10,12,14,17-18,22,26H,6-9,11,13,15H2,1H3,(H,25,27)/t17-,18?,22-/m0/s1. The van der Waals surface area contributed by atoms with Gasteiger partial charge in [0.25, 0.3) is 0 Å². The van der Waals surface area contributed by atoms with E-state index < -0.39 is 0 Å². The first-order chi connectivity index (χ1) is 15.7. The zero-order valence-electron chi connectivity index (χ0n) is 18.3. The molecular weight excluding hydrogens is 406 g/mol. The van der Waals surface area contributed by atoms with Gasteiger partial charge < -0.3 is 24.6 Å². The highest BCUT2D eigenvalue weighted by molar-refractivity contribution is 5.85. The number of carbonyl (C=O) groups excluding carboxylic acids is 1. The highest BCUT2D eigenvalue weighted by atomic mass is 16.5. The zero-order valence-corrected chi connectivity index (χ0v) is 18.3. The maximum Gasteiger partial charge on any atom is 0.223 e. The minimum Gasteiger partial charge on any atom is -0.480 e. The Kier molecular flexibility index (Phi) is 6.16. The largest absolute Gasteiger partial charge is 0.480 e. The topological polar surface area (TPSA) is 92.4 Å². The summed E-state index contributed by atoms with van der Waals surface area (Å²) in [4.78, 5) is 26.4. The Hall–Kier alpha value is -2.81. The van der Waals surface area contributed by atoms with Crippen molar-refractivity contribution in [3.05, 3.63) is 42.4 Å². The van der Waals surface area contributed by atoms with E-state index in [1.165, 1.54) is 0 Å². The van der Waals surface area contributed by atoms with Crippen molar-refractivity contribution >= 4 is 17.2 Å². The van der Waals surface area contributed by atoms with Gasteiger partial charge in [-0.15, -0.1) is 0 Å². The van der Waals surface area contributed by atoms with Crippen molar-refractivity contribution in [1.29, 1.82) is 0 Å². The molecule has 2 fully saturated rings. The summed E-state index contributed by atoms with van der Waals surface area (Å²) < 4.78 is 11.1. The molecule has 3 atom stereocenters. The minimum atomic E-state index is 0.0435. The van der Waals surface area contributed by atoms with E-state index in [-0.39, 0.29) is 6.04 Å². The fraction of sp³-hybridized carbons (Fsp3) is 0.458. The number of methoxy groups -OCH3 is 1. The van der Waals surface area contributed by atoms with Crippen LogP contribution in [0.5, 0.6) is 5.88 Å². The van der Waals surface area contributed by atoms with E-state index in [0.717, 1.165) is 73.3 Å². The van der Waals surface area contributed by atoms with Crippen molar-refractivity contribution in [2.45, 2.75) is 37.4 Å². The van der Waals surface area contributed by atoms with Gasteiger partial charge in [-0.05, 0) is 31.4 Å². The summed E-state index contributed by atoms with van der Waals surface area (Å²) in [6, 6.07) is 10.9. The number of benzene rings is 1. The Morgan fingerprint density at radius 3 is 3.03 bits per heavy atom. The Morgan fingerprint density at radius 2 is 2.22 bits per heavy atom. The van der Waals surface area contributed by atoms with Gasteiger partial charge in [0.15, 0.2) is 0 Å². The molecule has 0 saturated carbocycles. The summed E-state index contributed by atoms with van der Waals surface area (Å²) in [5.74, 6) is 1.43. The highest BCUT2D eigenvalue weighted by Crippen LogP contribution is 2.34. The molecule has 4 heterocycles. The molecule has 2 aliphatic heterocycles. The molecule has 0 aliphatic carbocycles. The van der Waals surface area contributed by atoms with Crippen LogP contribution in [0.25, 0.3) is 22.2 Å². The molecule has 32 heavy (non-hydrogen) atoms. The number of hydrogen-bond acceptors (Lipinski definition) is 7.